The summed E-state index contributed by atoms with van der Waals surface area (Å²) in [5.41, 5.74) is 6.94. The van der Waals surface area contributed by atoms with Crippen molar-refractivity contribution in [3.8, 4) is 0 Å². The molecule has 0 atom stereocenters. The van der Waals surface area contributed by atoms with E-state index in [0.29, 0.717) is 11.7 Å². The van der Waals surface area contributed by atoms with Crippen molar-refractivity contribution >= 4 is 17.2 Å². The molecule has 1 aliphatic rings. The number of anilines is 1. The van der Waals surface area contributed by atoms with Gasteiger partial charge >= 0.3 is 0 Å². The highest BCUT2D eigenvalue weighted by atomic mass is 32.1. The van der Waals surface area contributed by atoms with E-state index in [-0.39, 0.29) is 0 Å². The lowest BCUT2D eigenvalue weighted by atomic mass is 10.3. The molecule has 0 bridgehead atoms. The molecule has 2 heterocycles. The zero-order chi connectivity index (χ0) is 11.1. The normalized spacial score (nSPS) is 15.6. The van der Waals surface area contributed by atoms with Crippen LogP contribution < -0.4 is 5.73 Å². The first kappa shape index (κ1) is 9.77. The molecule has 1 aliphatic carbocycles. The zero-order valence-electron chi connectivity index (χ0n) is 9.05. The minimum atomic E-state index is 0.573. The maximum Gasteiger partial charge on any atom is 0.169 e. The molecule has 0 aromatic carbocycles. The number of hydrogen-bond acceptors (Lipinski definition) is 5. The van der Waals surface area contributed by atoms with Crippen LogP contribution >= 0.6 is 11.3 Å². The minimum Gasteiger partial charge on any atom is -0.381 e. The Bertz CT molecular complexity index is 511. The molecule has 84 valence electrons. The summed E-state index contributed by atoms with van der Waals surface area (Å²) in [6, 6.07) is 0. The second kappa shape index (κ2) is 3.55. The molecule has 2 aromatic heterocycles. The van der Waals surface area contributed by atoms with Crippen molar-refractivity contribution in [3.05, 3.63) is 21.8 Å². The van der Waals surface area contributed by atoms with Crippen LogP contribution in [-0.4, -0.2) is 20.0 Å². The third-order valence-electron chi connectivity index (χ3n) is 2.74. The predicted octanol–water partition coefficient (Wildman–Crippen LogP) is 1.55. The first-order chi connectivity index (χ1) is 7.74. The van der Waals surface area contributed by atoms with Crippen LogP contribution in [0.1, 0.15) is 34.3 Å². The molecule has 0 amide bonds. The number of hydrogen-bond donors (Lipinski definition) is 1. The maximum absolute atomic E-state index is 5.83. The Morgan fingerprint density at radius 2 is 2.38 bits per heavy atom. The Hall–Kier alpha value is -1.43. The van der Waals surface area contributed by atoms with E-state index >= 15 is 0 Å². The molecule has 3 rings (SSSR count). The van der Waals surface area contributed by atoms with Gasteiger partial charge in [-0.05, 0) is 19.8 Å². The molecule has 0 saturated heterocycles. The second-order valence-corrected chi connectivity index (χ2v) is 5.46. The molecule has 6 heteroatoms. The first-order valence-electron chi connectivity index (χ1n) is 5.34. The van der Waals surface area contributed by atoms with Gasteiger partial charge in [-0.1, -0.05) is 5.21 Å². The maximum atomic E-state index is 5.83. The van der Waals surface area contributed by atoms with Crippen molar-refractivity contribution in [2.24, 2.45) is 0 Å². The topological polar surface area (TPSA) is 69.6 Å². The molecule has 0 radical (unpaired) electrons. The van der Waals surface area contributed by atoms with E-state index in [2.05, 4.69) is 15.3 Å². The van der Waals surface area contributed by atoms with Gasteiger partial charge in [0, 0.05) is 17.0 Å². The average molecular weight is 235 g/mol. The summed E-state index contributed by atoms with van der Waals surface area (Å²) in [7, 11) is 0. The Labute approximate surface area is 97.3 Å². The van der Waals surface area contributed by atoms with E-state index < -0.39 is 0 Å². The van der Waals surface area contributed by atoms with Crippen molar-refractivity contribution in [1.29, 1.82) is 0 Å². The third-order valence-corrected chi connectivity index (χ3v) is 3.64. The highest BCUT2D eigenvalue weighted by Gasteiger charge is 2.30. The quantitative estimate of drug-likeness (QED) is 0.876. The fourth-order valence-electron chi connectivity index (χ4n) is 1.85. The Morgan fingerprint density at radius 1 is 1.56 bits per heavy atom. The van der Waals surface area contributed by atoms with Gasteiger partial charge in [-0.2, -0.15) is 0 Å². The van der Waals surface area contributed by atoms with Crippen molar-refractivity contribution in [3.63, 3.8) is 0 Å². The molecular weight excluding hydrogens is 222 g/mol. The number of thiazole rings is 1. The zero-order valence-corrected chi connectivity index (χ0v) is 9.87. The van der Waals surface area contributed by atoms with Crippen LogP contribution in [0, 0.1) is 6.92 Å². The number of nitrogen functional groups attached to an aromatic ring is 1. The van der Waals surface area contributed by atoms with E-state index in [9.17, 15) is 0 Å². The summed E-state index contributed by atoms with van der Waals surface area (Å²) >= 11 is 1.69. The molecule has 2 aromatic rings. The summed E-state index contributed by atoms with van der Waals surface area (Å²) in [6.45, 7) is 2.74. The molecule has 2 N–H and O–H groups in total. The molecule has 0 unspecified atom stereocenters. The Kier molecular flexibility index (Phi) is 2.17. The third kappa shape index (κ3) is 1.69. The lowest BCUT2D eigenvalue weighted by Crippen LogP contribution is -2.05. The van der Waals surface area contributed by atoms with E-state index in [0.717, 1.165) is 17.2 Å². The SMILES string of the molecule is Cc1ncc(Cn2nnc(N)c2C2CC2)s1. The van der Waals surface area contributed by atoms with Crippen LogP contribution in [0.2, 0.25) is 0 Å². The van der Waals surface area contributed by atoms with Gasteiger partial charge in [0.15, 0.2) is 5.82 Å². The van der Waals surface area contributed by atoms with Crippen LogP contribution in [-0.2, 0) is 6.54 Å². The second-order valence-electron chi connectivity index (χ2n) is 4.14. The van der Waals surface area contributed by atoms with Gasteiger partial charge in [-0.15, -0.1) is 16.4 Å². The fraction of sp³-hybridized carbons (Fsp3) is 0.500. The van der Waals surface area contributed by atoms with Crippen molar-refractivity contribution in [2.45, 2.75) is 32.2 Å². The first-order valence-corrected chi connectivity index (χ1v) is 6.16. The average Bonchev–Trinajstić information content (AvgIpc) is 2.91. The van der Waals surface area contributed by atoms with E-state index in [4.69, 9.17) is 5.73 Å². The van der Waals surface area contributed by atoms with Crippen LogP contribution in [0.15, 0.2) is 6.20 Å². The minimum absolute atomic E-state index is 0.573. The van der Waals surface area contributed by atoms with E-state index in [1.807, 2.05) is 17.8 Å². The largest absolute Gasteiger partial charge is 0.381 e. The smallest absolute Gasteiger partial charge is 0.169 e. The lowest BCUT2D eigenvalue weighted by Gasteiger charge is -2.03. The monoisotopic (exact) mass is 235 g/mol. The van der Waals surface area contributed by atoms with Gasteiger partial charge in [0.2, 0.25) is 0 Å². The predicted molar refractivity (Wildman–Crippen MR) is 62.4 cm³/mol. The summed E-state index contributed by atoms with van der Waals surface area (Å²) in [4.78, 5) is 5.43. The summed E-state index contributed by atoms with van der Waals surface area (Å²) in [6.07, 6.45) is 4.31. The van der Waals surface area contributed by atoms with Crippen LogP contribution in [0.4, 0.5) is 5.82 Å². The molecule has 1 fully saturated rings. The summed E-state index contributed by atoms with van der Waals surface area (Å²) in [5, 5.41) is 9.14. The highest BCUT2D eigenvalue weighted by Crippen LogP contribution is 2.42. The Balaban J connectivity index is 1.89. The van der Waals surface area contributed by atoms with Gasteiger partial charge in [0.25, 0.3) is 0 Å². The van der Waals surface area contributed by atoms with Crippen molar-refractivity contribution in [1.82, 2.24) is 20.0 Å². The number of aryl methyl sites for hydroxylation is 1. The van der Waals surface area contributed by atoms with Gasteiger partial charge in [-0.25, -0.2) is 9.67 Å². The van der Waals surface area contributed by atoms with Crippen molar-refractivity contribution in [2.75, 3.05) is 5.73 Å². The highest BCUT2D eigenvalue weighted by molar-refractivity contribution is 7.11. The van der Waals surface area contributed by atoms with Gasteiger partial charge in [0.1, 0.15) is 0 Å². The van der Waals surface area contributed by atoms with E-state index in [1.165, 1.54) is 17.7 Å². The van der Waals surface area contributed by atoms with E-state index in [1.54, 1.807) is 11.3 Å². The molecule has 0 spiro atoms. The molecule has 5 nitrogen and oxygen atoms in total. The molecule has 1 saturated carbocycles. The van der Waals surface area contributed by atoms with Crippen LogP contribution in [0.3, 0.4) is 0 Å². The summed E-state index contributed by atoms with van der Waals surface area (Å²) in [5.74, 6) is 1.16. The number of rotatable bonds is 3. The van der Waals surface area contributed by atoms with Crippen LogP contribution in [0.25, 0.3) is 0 Å². The molecular formula is C10H13N5S. The number of aromatic nitrogens is 4. The fourth-order valence-corrected chi connectivity index (χ4v) is 2.63. The van der Waals surface area contributed by atoms with Crippen molar-refractivity contribution < 1.29 is 0 Å². The standard InChI is InChI=1S/C10H13N5S/c1-6-12-4-8(16-6)5-15-9(7-2-3-7)10(11)13-14-15/h4,7H,2-3,5,11H2,1H3. The van der Waals surface area contributed by atoms with Gasteiger partial charge < -0.3 is 5.73 Å². The lowest BCUT2D eigenvalue weighted by molar-refractivity contribution is 0.624. The number of nitrogens with two attached hydrogens (primary N) is 1. The van der Waals surface area contributed by atoms with Gasteiger partial charge in [0.05, 0.1) is 17.2 Å². The Morgan fingerprint density at radius 3 is 3.00 bits per heavy atom. The van der Waals surface area contributed by atoms with Gasteiger partial charge in [-0.3, -0.25) is 0 Å². The summed E-state index contributed by atoms with van der Waals surface area (Å²) < 4.78 is 1.92. The number of nitrogens with zero attached hydrogens (tertiary/aromatic N) is 4. The van der Waals surface area contributed by atoms with Crippen LogP contribution in [0.5, 0.6) is 0 Å². The molecule has 0 aliphatic heterocycles. The molecule has 16 heavy (non-hydrogen) atoms.